The van der Waals surface area contributed by atoms with Gasteiger partial charge in [0, 0.05) is 35.7 Å². The van der Waals surface area contributed by atoms with Gasteiger partial charge < -0.3 is 20.4 Å². The average molecular weight is 472 g/mol. The number of aliphatic hydroxyl groups excluding tert-OH is 1. The maximum atomic E-state index is 12.8. The molecule has 0 amide bonds. The summed E-state index contributed by atoms with van der Waals surface area (Å²) < 4.78 is 0. The van der Waals surface area contributed by atoms with Crippen LogP contribution in [-0.4, -0.2) is 31.6 Å². The second-order valence-corrected chi connectivity index (χ2v) is 8.50. The molecule has 34 heavy (non-hydrogen) atoms. The Hall–Kier alpha value is -3.94. The number of nitrogens with zero attached hydrogens (tertiary/aromatic N) is 2. The van der Waals surface area contributed by atoms with Gasteiger partial charge in [-0.2, -0.15) is 0 Å². The number of anilines is 1. The number of halogens is 1. The third-order valence-electron chi connectivity index (χ3n) is 5.69. The van der Waals surface area contributed by atoms with Crippen LogP contribution in [0, 0.1) is 6.92 Å². The summed E-state index contributed by atoms with van der Waals surface area (Å²) in [5.41, 5.74) is 5.94. The molecule has 2 aromatic carbocycles. The third kappa shape index (κ3) is 4.31. The average Bonchev–Trinajstić information content (AvgIpc) is 3.27. The summed E-state index contributed by atoms with van der Waals surface area (Å²) in [7, 11) is 0. The summed E-state index contributed by atoms with van der Waals surface area (Å²) in [6.07, 6.45) is 4.32. The Balaban J connectivity index is 1.49. The zero-order valence-electron chi connectivity index (χ0n) is 18.3. The normalized spacial score (nSPS) is 12.1. The highest BCUT2D eigenvalue weighted by Crippen LogP contribution is 2.30. The van der Waals surface area contributed by atoms with E-state index >= 15 is 0 Å². The van der Waals surface area contributed by atoms with Gasteiger partial charge in [0.15, 0.2) is 0 Å². The number of imidazole rings is 1. The summed E-state index contributed by atoms with van der Waals surface area (Å²) in [4.78, 5) is 27.7. The number of aromatic amines is 2. The molecule has 0 bridgehead atoms. The molecule has 0 aliphatic heterocycles. The van der Waals surface area contributed by atoms with E-state index in [0.29, 0.717) is 27.7 Å². The molecule has 4 N–H and O–H groups in total. The molecule has 5 rings (SSSR count). The second-order valence-electron chi connectivity index (χ2n) is 8.06. The van der Waals surface area contributed by atoms with E-state index in [9.17, 15) is 9.90 Å². The molecule has 0 aliphatic rings. The number of aryl methyl sites for hydroxylation is 1. The number of nitrogens with one attached hydrogen (secondary N) is 3. The third-order valence-corrected chi connectivity index (χ3v) is 5.92. The van der Waals surface area contributed by atoms with Crippen molar-refractivity contribution in [2.24, 2.45) is 0 Å². The van der Waals surface area contributed by atoms with Gasteiger partial charge in [-0.05, 0) is 60.0 Å². The van der Waals surface area contributed by atoms with Gasteiger partial charge in [-0.3, -0.25) is 9.78 Å². The first-order chi connectivity index (χ1) is 16.5. The van der Waals surface area contributed by atoms with Gasteiger partial charge in [-0.15, -0.1) is 0 Å². The highest BCUT2D eigenvalue weighted by atomic mass is 35.5. The molecule has 0 fully saturated rings. The summed E-state index contributed by atoms with van der Waals surface area (Å²) in [5.74, 6) is 0.447. The van der Waals surface area contributed by atoms with Crippen LogP contribution in [-0.2, 0) is 0 Å². The van der Waals surface area contributed by atoms with Crippen LogP contribution in [0.5, 0.6) is 0 Å². The molecule has 0 saturated carbocycles. The molecular weight excluding hydrogens is 450 g/mol. The molecule has 8 heteroatoms. The summed E-state index contributed by atoms with van der Waals surface area (Å²) >= 11 is 6.04. The van der Waals surface area contributed by atoms with E-state index in [-0.39, 0.29) is 12.1 Å². The van der Waals surface area contributed by atoms with Gasteiger partial charge >= 0.3 is 0 Å². The van der Waals surface area contributed by atoms with Gasteiger partial charge in [0.25, 0.3) is 5.56 Å². The monoisotopic (exact) mass is 471 g/mol. The van der Waals surface area contributed by atoms with Crippen LogP contribution in [0.2, 0.25) is 5.02 Å². The summed E-state index contributed by atoms with van der Waals surface area (Å²) in [6.45, 7) is 2.18. The topological polar surface area (TPSA) is 107 Å². The first kappa shape index (κ1) is 21.9. The van der Waals surface area contributed by atoms with Gasteiger partial charge in [-0.1, -0.05) is 29.8 Å². The van der Waals surface area contributed by atoms with Crippen molar-refractivity contribution in [3.63, 3.8) is 0 Å². The van der Waals surface area contributed by atoms with Crippen molar-refractivity contribution in [3.8, 4) is 22.5 Å². The van der Waals surface area contributed by atoms with Gasteiger partial charge in [0.1, 0.15) is 11.4 Å². The smallest absolute Gasteiger partial charge is 0.261 e. The van der Waals surface area contributed by atoms with Crippen LogP contribution < -0.4 is 10.9 Å². The zero-order valence-corrected chi connectivity index (χ0v) is 19.1. The minimum atomic E-state index is -0.800. The van der Waals surface area contributed by atoms with Crippen LogP contribution in [0.15, 0.2) is 78.0 Å². The van der Waals surface area contributed by atoms with E-state index in [0.717, 1.165) is 27.7 Å². The Morgan fingerprint density at radius 3 is 2.79 bits per heavy atom. The predicted molar refractivity (Wildman–Crippen MR) is 135 cm³/mol. The highest BCUT2D eigenvalue weighted by Gasteiger charge is 2.17. The van der Waals surface area contributed by atoms with Crippen molar-refractivity contribution in [2.75, 3.05) is 11.9 Å². The molecule has 170 valence electrons. The molecule has 0 radical (unpaired) electrons. The van der Waals surface area contributed by atoms with Crippen LogP contribution in [0.25, 0.3) is 33.5 Å². The molecule has 7 nitrogen and oxygen atoms in total. The number of hydrogen-bond donors (Lipinski definition) is 4. The molecule has 5 aromatic rings. The lowest BCUT2D eigenvalue weighted by molar-refractivity contribution is 0.191. The van der Waals surface area contributed by atoms with Gasteiger partial charge in [0.05, 0.1) is 22.8 Å². The molecule has 1 atom stereocenters. The van der Waals surface area contributed by atoms with Crippen LogP contribution >= 0.6 is 11.6 Å². The SMILES string of the molecule is Cc1cc(-c2cccnc2)cc2[nH]c(-c3c(NCC(O)c4cccc(Cl)c4)cc[nH]c3=O)nc12. The molecule has 1 unspecified atom stereocenters. The van der Waals surface area contributed by atoms with Crippen molar-refractivity contribution in [3.05, 3.63) is 99.7 Å². The fourth-order valence-electron chi connectivity index (χ4n) is 4.01. The van der Waals surface area contributed by atoms with Crippen molar-refractivity contribution in [2.45, 2.75) is 13.0 Å². The van der Waals surface area contributed by atoms with E-state index in [1.54, 1.807) is 42.7 Å². The summed E-state index contributed by atoms with van der Waals surface area (Å²) in [5, 5.41) is 14.3. The standard InChI is InChI=1S/C26H22ClN5O2/c1-15-10-18(17-5-3-8-28-13-17)12-21-24(15)32-25(31-21)23-20(7-9-29-26(23)34)30-14-22(33)16-4-2-6-19(27)11-16/h2-13,22,33H,14H2,1H3,(H,31,32)(H2,29,30,34). The molecule has 3 heterocycles. The van der Waals surface area contributed by atoms with E-state index in [1.165, 1.54) is 0 Å². The Morgan fingerprint density at radius 2 is 2.00 bits per heavy atom. The van der Waals surface area contributed by atoms with Crippen LogP contribution in [0.3, 0.4) is 0 Å². The van der Waals surface area contributed by atoms with Crippen molar-refractivity contribution < 1.29 is 5.11 Å². The number of fused-ring (bicyclic) bond motifs is 1. The Kier molecular flexibility index (Phi) is 5.88. The lowest BCUT2D eigenvalue weighted by atomic mass is 10.0. The van der Waals surface area contributed by atoms with E-state index in [4.69, 9.17) is 16.6 Å². The maximum absolute atomic E-state index is 12.8. The molecule has 0 spiro atoms. The summed E-state index contributed by atoms with van der Waals surface area (Å²) in [6, 6.07) is 16.8. The number of hydrogen-bond acceptors (Lipinski definition) is 5. The van der Waals surface area contributed by atoms with Crippen molar-refractivity contribution in [1.29, 1.82) is 0 Å². The fraction of sp³-hybridized carbons (Fsp3) is 0.115. The number of pyridine rings is 2. The number of aliphatic hydroxyl groups is 1. The van der Waals surface area contributed by atoms with E-state index in [1.807, 2.05) is 31.3 Å². The Morgan fingerprint density at radius 1 is 1.12 bits per heavy atom. The second kappa shape index (κ2) is 9.13. The lowest BCUT2D eigenvalue weighted by Crippen LogP contribution is -2.17. The largest absolute Gasteiger partial charge is 0.387 e. The van der Waals surface area contributed by atoms with Crippen molar-refractivity contribution >= 4 is 28.3 Å². The fourth-order valence-corrected chi connectivity index (χ4v) is 4.21. The molecule has 0 aliphatic carbocycles. The minimum absolute atomic E-state index is 0.196. The number of aromatic nitrogens is 4. The van der Waals surface area contributed by atoms with Crippen LogP contribution in [0.4, 0.5) is 5.69 Å². The highest BCUT2D eigenvalue weighted by molar-refractivity contribution is 6.30. The number of benzene rings is 2. The Bertz CT molecular complexity index is 1530. The molecule has 0 saturated heterocycles. The number of H-pyrrole nitrogens is 2. The molecule has 3 aromatic heterocycles. The minimum Gasteiger partial charge on any atom is -0.387 e. The predicted octanol–water partition coefficient (Wildman–Crippen LogP) is 5.09. The quantitative estimate of drug-likeness (QED) is 0.276. The zero-order chi connectivity index (χ0) is 23.7. The van der Waals surface area contributed by atoms with Crippen LogP contribution in [0.1, 0.15) is 17.2 Å². The Labute approximate surface area is 200 Å². The van der Waals surface area contributed by atoms with Gasteiger partial charge in [-0.25, -0.2) is 4.98 Å². The van der Waals surface area contributed by atoms with E-state index < -0.39 is 6.10 Å². The first-order valence-corrected chi connectivity index (χ1v) is 11.2. The van der Waals surface area contributed by atoms with Crippen molar-refractivity contribution in [1.82, 2.24) is 19.9 Å². The number of rotatable bonds is 6. The van der Waals surface area contributed by atoms with E-state index in [2.05, 4.69) is 26.3 Å². The molecular formula is C26H22ClN5O2. The lowest BCUT2D eigenvalue weighted by Gasteiger charge is -2.15. The maximum Gasteiger partial charge on any atom is 0.261 e. The van der Waals surface area contributed by atoms with Gasteiger partial charge in [0.2, 0.25) is 0 Å². The first-order valence-electron chi connectivity index (χ1n) is 10.8.